The van der Waals surface area contributed by atoms with Crippen LogP contribution in [0, 0.1) is 0 Å². The van der Waals surface area contributed by atoms with Gasteiger partial charge in [-0.05, 0) is 13.8 Å². The van der Waals surface area contributed by atoms with Crippen molar-refractivity contribution in [3.63, 3.8) is 0 Å². The van der Waals surface area contributed by atoms with Gasteiger partial charge in [-0.1, -0.05) is 0 Å². The zero-order chi connectivity index (χ0) is 7.61. The highest BCUT2D eigenvalue weighted by Gasteiger charge is 2.22. The molecule has 0 saturated carbocycles. The number of nitrogens with two attached hydrogens (primary N) is 1. The van der Waals surface area contributed by atoms with Gasteiger partial charge in [0.1, 0.15) is 10.6 Å². The summed E-state index contributed by atoms with van der Waals surface area (Å²) in [6.07, 6.45) is 1.74. The molecular weight excluding hydrogens is 148 g/mol. The Morgan fingerprint density at radius 1 is 1.70 bits per heavy atom. The highest BCUT2D eigenvalue weighted by Crippen LogP contribution is 2.23. The molecule has 0 fully saturated rings. The van der Waals surface area contributed by atoms with Gasteiger partial charge in [-0.2, -0.15) is 0 Å². The molecule has 1 rings (SSSR count). The third kappa shape index (κ3) is 1.34. The van der Waals surface area contributed by atoms with Crippen LogP contribution in [0.3, 0.4) is 0 Å². The van der Waals surface area contributed by atoms with E-state index in [1.165, 1.54) is 11.3 Å². The standard InChI is InChI=1S/C6H10N2OS/c1-6(2,9-7)5-8-3-4-10-5/h3-4H,7H2,1-2H3. The van der Waals surface area contributed by atoms with Crippen LogP contribution in [-0.4, -0.2) is 4.98 Å². The summed E-state index contributed by atoms with van der Waals surface area (Å²) >= 11 is 1.54. The van der Waals surface area contributed by atoms with Crippen molar-refractivity contribution in [1.82, 2.24) is 4.98 Å². The van der Waals surface area contributed by atoms with Crippen molar-refractivity contribution in [2.45, 2.75) is 19.4 Å². The van der Waals surface area contributed by atoms with Crippen LogP contribution in [0.4, 0.5) is 0 Å². The number of nitrogens with zero attached hydrogens (tertiary/aromatic N) is 1. The first-order valence-electron chi connectivity index (χ1n) is 2.94. The molecule has 56 valence electrons. The molecule has 0 bridgehead atoms. The lowest BCUT2D eigenvalue weighted by Gasteiger charge is -2.17. The minimum atomic E-state index is -0.450. The summed E-state index contributed by atoms with van der Waals surface area (Å²) in [4.78, 5) is 8.80. The first kappa shape index (κ1) is 7.65. The highest BCUT2D eigenvalue weighted by molar-refractivity contribution is 7.09. The maximum Gasteiger partial charge on any atom is 0.135 e. The number of thiazole rings is 1. The molecule has 0 aliphatic heterocycles. The Morgan fingerprint density at radius 2 is 2.40 bits per heavy atom. The topological polar surface area (TPSA) is 48.1 Å². The number of aromatic nitrogens is 1. The molecule has 4 heteroatoms. The van der Waals surface area contributed by atoms with Crippen LogP contribution in [-0.2, 0) is 10.4 Å². The lowest BCUT2D eigenvalue weighted by atomic mass is 10.1. The lowest BCUT2D eigenvalue weighted by Crippen LogP contribution is -2.24. The monoisotopic (exact) mass is 158 g/mol. The van der Waals surface area contributed by atoms with Crippen molar-refractivity contribution in [2.24, 2.45) is 5.90 Å². The molecule has 0 saturated heterocycles. The fraction of sp³-hybridized carbons (Fsp3) is 0.500. The van der Waals surface area contributed by atoms with Crippen LogP contribution in [0.2, 0.25) is 0 Å². The molecule has 1 aromatic heterocycles. The summed E-state index contributed by atoms with van der Waals surface area (Å²) in [6.45, 7) is 3.76. The van der Waals surface area contributed by atoms with E-state index in [1.54, 1.807) is 6.20 Å². The smallest absolute Gasteiger partial charge is 0.135 e. The van der Waals surface area contributed by atoms with E-state index in [9.17, 15) is 0 Å². The van der Waals surface area contributed by atoms with Crippen LogP contribution >= 0.6 is 11.3 Å². The van der Waals surface area contributed by atoms with E-state index in [0.717, 1.165) is 5.01 Å². The molecule has 0 aromatic carbocycles. The Morgan fingerprint density at radius 3 is 2.80 bits per heavy atom. The van der Waals surface area contributed by atoms with E-state index in [4.69, 9.17) is 10.7 Å². The Balaban J connectivity index is 2.85. The van der Waals surface area contributed by atoms with Gasteiger partial charge in [-0.3, -0.25) is 4.84 Å². The van der Waals surface area contributed by atoms with Gasteiger partial charge in [0, 0.05) is 11.6 Å². The average molecular weight is 158 g/mol. The Labute approximate surface area is 63.8 Å². The molecule has 0 amide bonds. The van der Waals surface area contributed by atoms with E-state index in [1.807, 2.05) is 19.2 Å². The third-order valence-corrected chi connectivity index (χ3v) is 2.32. The first-order chi connectivity index (χ1) is 4.67. The summed E-state index contributed by atoms with van der Waals surface area (Å²) in [6, 6.07) is 0. The van der Waals surface area contributed by atoms with Gasteiger partial charge in [0.25, 0.3) is 0 Å². The van der Waals surface area contributed by atoms with Gasteiger partial charge in [-0.15, -0.1) is 11.3 Å². The number of hydrogen-bond donors (Lipinski definition) is 1. The normalized spacial score (nSPS) is 11.9. The fourth-order valence-electron chi connectivity index (χ4n) is 0.571. The molecule has 10 heavy (non-hydrogen) atoms. The van der Waals surface area contributed by atoms with E-state index in [0.29, 0.717) is 0 Å². The van der Waals surface area contributed by atoms with E-state index >= 15 is 0 Å². The van der Waals surface area contributed by atoms with Gasteiger partial charge in [0.05, 0.1) is 0 Å². The van der Waals surface area contributed by atoms with Crippen LogP contribution in [0.25, 0.3) is 0 Å². The van der Waals surface area contributed by atoms with Gasteiger partial charge in [-0.25, -0.2) is 10.9 Å². The number of hydrogen-bond acceptors (Lipinski definition) is 4. The minimum Gasteiger partial charge on any atom is -0.291 e. The molecular formula is C6H10N2OS. The minimum absolute atomic E-state index is 0.450. The molecule has 2 N–H and O–H groups in total. The summed E-state index contributed by atoms with van der Waals surface area (Å²) in [5, 5.41) is 2.80. The van der Waals surface area contributed by atoms with E-state index in [-0.39, 0.29) is 0 Å². The molecule has 0 aliphatic carbocycles. The fourth-order valence-corrected chi connectivity index (χ4v) is 1.28. The van der Waals surface area contributed by atoms with Gasteiger partial charge >= 0.3 is 0 Å². The van der Waals surface area contributed by atoms with Crippen LogP contribution in [0.1, 0.15) is 18.9 Å². The molecule has 0 aliphatic rings. The first-order valence-corrected chi connectivity index (χ1v) is 3.82. The third-order valence-electron chi connectivity index (χ3n) is 1.24. The molecule has 0 atom stereocenters. The van der Waals surface area contributed by atoms with Gasteiger partial charge in [0.15, 0.2) is 0 Å². The van der Waals surface area contributed by atoms with Crippen LogP contribution in [0.15, 0.2) is 11.6 Å². The maximum atomic E-state index is 5.06. The summed E-state index contributed by atoms with van der Waals surface area (Å²) in [5.74, 6) is 5.06. The summed E-state index contributed by atoms with van der Waals surface area (Å²) in [7, 11) is 0. The molecule has 0 radical (unpaired) electrons. The quantitative estimate of drug-likeness (QED) is 0.659. The Bertz CT molecular complexity index is 196. The molecule has 1 heterocycles. The van der Waals surface area contributed by atoms with Crippen molar-refractivity contribution >= 4 is 11.3 Å². The van der Waals surface area contributed by atoms with Crippen LogP contribution in [0.5, 0.6) is 0 Å². The zero-order valence-electron chi connectivity index (χ0n) is 6.00. The lowest BCUT2D eigenvalue weighted by molar-refractivity contribution is -0.0237. The van der Waals surface area contributed by atoms with Crippen molar-refractivity contribution < 1.29 is 4.84 Å². The second kappa shape index (κ2) is 2.65. The maximum absolute atomic E-state index is 5.06. The molecule has 0 unspecified atom stereocenters. The average Bonchev–Trinajstić information content (AvgIpc) is 2.38. The van der Waals surface area contributed by atoms with Gasteiger partial charge in [0.2, 0.25) is 0 Å². The van der Waals surface area contributed by atoms with Crippen molar-refractivity contribution in [3.05, 3.63) is 16.6 Å². The zero-order valence-corrected chi connectivity index (χ0v) is 6.81. The highest BCUT2D eigenvalue weighted by atomic mass is 32.1. The summed E-state index contributed by atoms with van der Waals surface area (Å²) in [5.41, 5.74) is -0.450. The SMILES string of the molecule is CC(C)(ON)c1nccs1. The second-order valence-corrected chi connectivity index (χ2v) is 3.36. The molecule has 3 nitrogen and oxygen atoms in total. The Hall–Kier alpha value is -0.450. The summed E-state index contributed by atoms with van der Waals surface area (Å²) < 4.78 is 0. The van der Waals surface area contributed by atoms with Crippen molar-refractivity contribution in [1.29, 1.82) is 0 Å². The largest absolute Gasteiger partial charge is 0.291 e. The van der Waals surface area contributed by atoms with Crippen molar-refractivity contribution in [3.8, 4) is 0 Å². The Kier molecular flexibility index (Phi) is 2.03. The number of rotatable bonds is 2. The molecule has 1 aromatic rings. The predicted molar refractivity (Wildman–Crippen MR) is 40.4 cm³/mol. The van der Waals surface area contributed by atoms with Crippen LogP contribution < -0.4 is 5.90 Å². The predicted octanol–water partition coefficient (Wildman–Crippen LogP) is 1.27. The second-order valence-electron chi connectivity index (χ2n) is 2.47. The van der Waals surface area contributed by atoms with Crippen molar-refractivity contribution in [2.75, 3.05) is 0 Å². The van der Waals surface area contributed by atoms with E-state index in [2.05, 4.69) is 4.98 Å². The molecule has 0 spiro atoms. The van der Waals surface area contributed by atoms with Gasteiger partial charge < -0.3 is 0 Å². The van der Waals surface area contributed by atoms with E-state index < -0.39 is 5.60 Å².